The molecule has 0 atom stereocenters. The van der Waals surface area contributed by atoms with Crippen molar-refractivity contribution in [1.29, 1.82) is 0 Å². The summed E-state index contributed by atoms with van der Waals surface area (Å²) in [5.41, 5.74) is 5.30. The largest absolute Gasteiger partial charge is 0.272 e. The van der Waals surface area contributed by atoms with Crippen molar-refractivity contribution < 1.29 is 4.79 Å². The number of aromatic nitrogens is 3. The van der Waals surface area contributed by atoms with E-state index in [2.05, 4.69) is 20.7 Å². The fraction of sp³-hybridized carbons (Fsp3) is 0.0400. The van der Waals surface area contributed by atoms with Crippen LogP contribution in [-0.2, 0) is 4.79 Å². The Labute approximate surface area is 201 Å². The van der Waals surface area contributed by atoms with Crippen LogP contribution >= 0.6 is 23.4 Å². The molecular weight excluding hydrogens is 454 g/mol. The molecule has 0 aliphatic rings. The summed E-state index contributed by atoms with van der Waals surface area (Å²) in [6, 6.07) is 29.2. The number of halogens is 1. The Balaban J connectivity index is 1.43. The van der Waals surface area contributed by atoms with E-state index < -0.39 is 0 Å². The average Bonchev–Trinajstić information content (AvgIpc) is 3.28. The molecule has 0 fully saturated rings. The molecule has 4 rings (SSSR count). The molecule has 1 heterocycles. The third kappa shape index (κ3) is 6.19. The van der Waals surface area contributed by atoms with E-state index in [0.717, 1.165) is 16.8 Å². The Bertz CT molecular complexity index is 1260. The minimum Gasteiger partial charge on any atom is -0.272 e. The second kappa shape index (κ2) is 11.3. The summed E-state index contributed by atoms with van der Waals surface area (Å²) < 4.78 is 1.94. The predicted octanol–water partition coefficient (Wildman–Crippen LogP) is 5.41. The molecule has 0 unspecified atom stereocenters. The number of hydrogen-bond acceptors (Lipinski definition) is 5. The summed E-state index contributed by atoms with van der Waals surface area (Å²) >= 11 is 7.44. The zero-order chi connectivity index (χ0) is 22.9. The van der Waals surface area contributed by atoms with Crippen molar-refractivity contribution in [2.75, 3.05) is 5.75 Å². The van der Waals surface area contributed by atoms with Gasteiger partial charge in [0.2, 0.25) is 0 Å². The summed E-state index contributed by atoms with van der Waals surface area (Å²) in [6.07, 6.45) is 3.16. The van der Waals surface area contributed by atoms with Gasteiger partial charge in [0.1, 0.15) is 0 Å². The van der Waals surface area contributed by atoms with Gasteiger partial charge in [0.05, 0.1) is 17.0 Å². The Morgan fingerprint density at radius 3 is 2.27 bits per heavy atom. The number of carbonyl (C=O) groups is 1. The Hall–Kier alpha value is -3.68. The van der Waals surface area contributed by atoms with Crippen LogP contribution in [0.25, 0.3) is 23.2 Å². The average molecular weight is 474 g/mol. The van der Waals surface area contributed by atoms with Gasteiger partial charge in [-0.15, -0.1) is 10.2 Å². The fourth-order valence-electron chi connectivity index (χ4n) is 3.02. The lowest BCUT2D eigenvalue weighted by molar-refractivity contribution is -0.118. The number of rotatable bonds is 8. The molecule has 3 aromatic carbocycles. The molecular formula is C25H20ClN5OS. The van der Waals surface area contributed by atoms with E-state index in [1.807, 2.05) is 95.6 Å². The van der Waals surface area contributed by atoms with E-state index in [-0.39, 0.29) is 11.7 Å². The number of hydrogen-bond donors (Lipinski definition) is 1. The van der Waals surface area contributed by atoms with Gasteiger partial charge in [0, 0.05) is 11.3 Å². The molecule has 8 heteroatoms. The monoisotopic (exact) mass is 473 g/mol. The highest BCUT2D eigenvalue weighted by atomic mass is 35.5. The Morgan fingerprint density at radius 1 is 0.939 bits per heavy atom. The van der Waals surface area contributed by atoms with Crippen molar-refractivity contribution in [1.82, 2.24) is 20.2 Å². The van der Waals surface area contributed by atoms with Crippen molar-refractivity contribution in [3.8, 4) is 17.1 Å². The minimum atomic E-state index is -0.274. The maximum atomic E-state index is 12.3. The Kier molecular flexibility index (Phi) is 7.68. The lowest BCUT2D eigenvalue weighted by atomic mass is 10.2. The van der Waals surface area contributed by atoms with Crippen molar-refractivity contribution in [2.45, 2.75) is 5.16 Å². The van der Waals surface area contributed by atoms with Crippen LogP contribution in [0, 0.1) is 0 Å². The number of carbonyl (C=O) groups excluding carboxylic acids is 1. The van der Waals surface area contributed by atoms with Gasteiger partial charge in [-0.05, 0) is 23.8 Å². The van der Waals surface area contributed by atoms with Crippen molar-refractivity contribution in [3.63, 3.8) is 0 Å². The smallest absolute Gasteiger partial charge is 0.250 e. The fourth-order valence-corrected chi connectivity index (χ4v) is 3.94. The van der Waals surface area contributed by atoms with Crippen LogP contribution in [-0.4, -0.2) is 32.6 Å². The van der Waals surface area contributed by atoms with Gasteiger partial charge < -0.3 is 0 Å². The number of thioether (sulfide) groups is 1. The van der Waals surface area contributed by atoms with E-state index in [1.165, 1.54) is 18.0 Å². The van der Waals surface area contributed by atoms with Crippen LogP contribution in [0.15, 0.2) is 106 Å². The first-order valence-electron chi connectivity index (χ1n) is 10.1. The lowest BCUT2D eigenvalue weighted by Crippen LogP contribution is -2.19. The van der Waals surface area contributed by atoms with Crippen LogP contribution < -0.4 is 5.43 Å². The van der Waals surface area contributed by atoms with Crippen molar-refractivity contribution in [3.05, 3.63) is 102 Å². The standard InChI is InChI=1S/C25H20ClN5OS/c26-21(16-19-10-4-1-5-11-19)17-27-28-23(32)18-33-25-30-29-24(20-12-6-2-7-13-20)31(25)22-14-8-3-9-15-22/h1-17H,18H2,(H,28,32)/b21-16-,27-17-. The SMILES string of the molecule is O=C(CSc1nnc(-c2ccccc2)n1-c1ccccc1)N/N=C\C(Cl)=C\c1ccccc1. The topological polar surface area (TPSA) is 72.2 Å². The normalized spacial score (nSPS) is 11.6. The van der Waals surface area contributed by atoms with E-state index in [4.69, 9.17) is 11.6 Å². The van der Waals surface area contributed by atoms with Crippen LogP contribution in [0.2, 0.25) is 0 Å². The molecule has 0 spiro atoms. The predicted molar refractivity (Wildman–Crippen MR) is 134 cm³/mol. The molecule has 164 valence electrons. The summed E-state index contributed by atoms with van der Waals surface area (Å²) in [7, 11) is 0. The van der Waals surface area contributed by atoms with Crippen molar-refractivity contribution >= 4 is 41.6 Å². The van der Waals surface area contributed by atoms with Crippen LogP contribution in [0.3, 0.4) is 0 Å². The molecule has 1 N–H and O–H groups in total. The van der Waals surface area contributed by atoms with Gasteiger partial charge in [-0.25, -0.2) is 5.43 Å². The van der Waals surface area contributed by atoms with Gasteiger partial charge in [0.15, 0.2) is 11.0 Å². The van der Waals surface area contributed by atoms with E-state index >= 15 is 0 Å². The molecule has 0 saturated carbocycles. The zero-order valence-corrected chi connectivity index (χ0v) is 19.1. The van der Waals surface area contributed by atoms with E-state index in [0.29, 0.717) is 16.0 Å². The minimum absolute atomic E-state index is 0.122. The number of benzene rings is 3. The highest BCUT2D eigenvalue weighted by Gasteiger charge is 2.16. The number of nitrogens with zero attached hydrogens (tertiary/aromatic N) is 4. The van der Waals surface area contributed by atoms with E-state index in [9.17, 15) is 4.79 Å². The Morgan fingerprint density at radius 2 is 1.58 bits per heavy atom. The molecule has 0 bridgehead atoms. The molecule has 1 aromatic heterocycles. The van der Waals surface area contributed by atoms with Gasteiger partial charge in [-0.3, -0.25) is 9.36 Å². The van der Waals surface area contributed by atoms with E-state index in [1.54, 1.807) is 6.08 Å². The third-order valence-electron chi connectivity index (χ3n) is 4.49. The molecule has 0 aliphatic heterocycles. The molecule has 6 nitrogen and oxygen atoms in total. The number of hydrazone groups is 1. The highest BCUT2D eigenvalue weighted by Crippen LogP contribution is 2.27. The highest BCUT2D eigenvalue weighted by molar-refractivity contribution is 7.99. The maximum Gasteiger partial charge on any atom is 0.250 e. The van der Waals surface area contributed by atoms with Gasteiger partial charge >= 0.3 is 0 Å². The first-order chi connectivity index (χ1) is 16.2. The maximum absolute atomic E-state index is 12.3. The molecule has 33 heavy (non-hydrogen) atoms. The van der Waals surface area contributed by atoms with Crippen LogP contribution in [0.5, 0.6) is 0 Å². The third-order valence-corrected chi connectivity index (χ3v) is 5.63. The quantitative estimate of drug-likeness (QED) is 0.211. The number of nitrogens with one attached hydrogen (secondary N) is 1. The molecule has 1 amide bonds. The molecule has 4 aromatic rings. The first-order valence-corrected chi connectivity index (χ1v) is 11.5. The van der Waals surface area contributed by atoms with Crippen molar-refractivity contribution in [2.24, 2.45) is 5.10 Å². The second-order valence-electron chi connectivity index (χ2n) is 6.86. The van der Waals surface area contributed by atoms with Gasteiger partial charge in [-0.2, -0.15) is 5.10 Å². The number of para-hydroxylation sites is 1. The number of allylic oxidation sites excluding steroid dienone is 1. The van der Waals surface area contributed by atoms with Crippen LogP contribution in [0.4, 0.5) is 0 Å². The summed E-state index contributed by atoms with van der Waals surface area (Å²) in [5, 5.41) is 13.6. The summed E-state index contributed by atoms with van der Waals surface area (Å²) in [6.45, 7) is 0. The number of amides is 1. The first kappa shape index (κ1) is 22.5. The second-order valence-corrected chi connectivity index (χ2v) is 8.24. The summed E-state index contributed by atoms with van der Waals surface area (Å²) in [5.74, 6) is 0.557. The molecule has 0 aliphatic carbocycles. The molecule has 0 saturated heterocycles. The zero-order valence-electron chi connectivity index (χ0n) is 17.5. The molecule has 0 radical (unpaired) electrons. The van der Waals surface area contributed by atoms with Crippen LogP contribution in [0.1, 0.15) is 5.56 Å². The summed E-state index contributed by atoms with van der Waals surface area (Å²) in [4.78, 5) is 12.3. The van der Waals surface area contributed by atoms with Gasteiger partial charge in [-0.1, -0.05) is 102 Å². The lowest BCUT2D eigenvalue weighted by Gasteiger charge is -2.10. The van der Waals surface area contributed by atoms with Gasteiger partial charge in [0.25, 0.3) is 5.91 Å².